The van der Waals surface area contributed by atoms with E-state index in [0.29, 0.717) is 11.6 Å². The van der Waals surface area contributed by atoms with Crippen molar-refractivity contribution in [1.29, 1.82) is 0 Å². The number of rotatable bonds is 5. The lowest BCUT2D eigenvalue weighted by Crippen LogP contribution is -2.23. The molecule has 23 heavy (non-hydrogen) atoms. The summed E-state index contributed by atoms with van der Waals surface area (Å²) in [5, 5.41) is 3.81. The number of hydrogen-bond donors (Lipinski definition) is 1. The summed E-state index contributed by atoms with van der Waals surface area (Å²) in [6.45, 7) is 1.62. The van der Waals surface area contributed by atoms with Gasteiger partial charge in [-0.25, -0.2) is 18.1 Å². The molecule has 0 fully saturated rings. The maximum atomic E-state index is 12.2. The van der Waals surface area contributed by atoms with Crippen LogP contribution in [0.4, 0.5) is 0 Å². The van der Waals surface area contributed by atoms with Gasteiger partial charge in [-0.05, 0) is 19.1 Å². The second-order valence-electron chi connectivity index (χ2n) is 5.08. The first kappa shape index (κ1) is 15.4. The zero-order valence-corrected chi connectivity index (χ0v) is 13.7. The summed E-state index contributed by atoms with van der Waals surface area (Å²) in [4.78, 5) is 8.18. The van der Waals surface area contributed by atoms with Gasteiger partial charge >= 0.3 is 0 Å². The molecule has 9 nitrogen and oxygen atoms in total. The quantitative estimate of drug-likeness (QED) is 0.731. The van der Waals surface area contributed by atoms with Gasteiger partial charge < -0.3 is 13.7 Å². The van der Waals surface area contributed by atoms with Crippen molar-refractivity contribution >= 4 is 10.0 Å². The summed E-state index contributed by atoms with van der Waals surface area (Å²) in [5.74, 6) is 1.19. The fourth-order valence-electron chi connectivity index (χ4n) is 2.01. The molecule has 0 bridgehead atoms. The van der Waals surface area contributed by atoms with Crippen LogP contribution < -0.4 is 4.72 Å². The molecule has 0 spiro atoms. The van der Waals surface area contributed by atoms with Gasteiger partial charge in [0.2, 0.25) is 11.7 Å². The summed E-state index contributed by atoms with van der Waals surface area (Å²) in [5.41, 5.74) is 0.781. The predicted molar refractivity (Wildman–Crippen MR) is 80.7 cm³/mol. The molecule has 0 aliphatic heterocycles. The first-order valence-corrected chi connectivity index (χ1v) is 8.29. The van der Waals surface area contributed by atoms with Crippen LogP contribution in [0.2, 0.25) is 0 Å². The molecule has 0 radical (unpaired) electrons. The lowest BCUT2D eigenvalue weighted by molar-refractivity contribution is 0.375. The van der Waals surface area contributed by atoms with Gasteiger partial charge in [0.05, 0.1) is 12.2 Å². The molecule has 3 rings (SSSR count). The van der Waals surface area contributed by atoms with Gasteiger partial charge in [0.15, 0.2) is 5.03 Å². The first-order chi connectivity index (χ1) is 10.9. The van der Waals surface area contributed by atoms with E-state index in [9.17, 15) is 8.42 Å². The SMILES string of the molecule is Cc1nc(S(=O)(=O)NCc2nc(-c3cccn3C)no2)cn1C. The predicted octanol–water partition coefficient (Wildman–Crippen LogP) is 0.596. The lowest BCUT2D eigenvalue weighted by Gasteiger charge is -2.00. The van der Waals surface area contributed by atoms with E-state index >= 15 is 0 Å². The Bertz CT molecular complexity index is 917. The van der Waals surface area contributed by atoms with Crippen LogP contribution in [0, 0.1) is 6.92 Å². The topological polar surface area (TPSA) is 108 Å². The van der Waals surface area contributed by atoms with Gasteiger partial charge in [-0.2, -0.15) is 4.98 Å². The van der Waals surface area contributed by atoms with Gasteiger partial charge in [-0.15, -0.1) is 0 Å². The van der Waals surface area contributed by atoms with Crippen molar-refractivity contribution in [2.75, 3.05) is 0 Å². The van der Waals surface area contributed by atoms with Crippen LogP contribution in [0.25, 0.3) is 11.5 Å². The van der Waals surface area contributed by atoms with Gasteiger partial charge in [0.25, 0.3) is 10.0 Å². The van der Waals surface area contributed by atoms with Gasteiger partial charge in [0, 0.05) is 26.5 Å². The molecule has 3 aromatic rings. The van der Waals surface area contributed by atoms with Crippen molar-refractivity contribution in [2.24, 2.45) is 14.1 Å². The Balaban J connectivity index is 1.74. The number of imidazole rings is 1. The molecular weight excluding hydrogens is 320 g/mol. The molecule has 1 N–H and O–H groups in total. The summed E-state index contributed by atoms with van der Waals surface area (Å²) in [7, 11) is -0.141. The van der Waals surface area contributed by atoms with Gasteiger partial charge in [-0.1, -0.05) is 5.16 Å². The zero-order valence-electron chi connectivity index (χ0n) is 12.9. The molecule has 122 valence electrons. The standard InChI is InChI=1S/C13H16N6O3S/c1-9-15-12(8-19(9)3)23(20,21)14-7-11-16-13(17-22-11)10-5-4-6-18(10)2/h4-6,8,14H,7H2,1-3H3. The number of nitrogens with one attached hydrogen (secondary N) is 1. The van der Waals surface area contributed by atoms with E-state index in [1.807, 2.05) is 29.9 Å². The third-order valence-corrected chi connectivity index (χ3v) is 4.69. The van der Waals surface area contributed by atoms with Gasteiger partial charge in [-0.3, -0.25) is 0 Å². The molecule has 0 unspecified atom stereocenters. The normalized spacial score (nSPS) is 12.0. The average molecular weight is 336 g/mol. The largest absolute Gasteiger partial charge is 0.348 e. The average Bonchev–Trinajstić information content (AvgIpc) is 3.19. The summed E-state index contributed by atoms with van der Waals surface area (Å²) >= 11 is 0. The van der Waals surface area contributed by atoms with Crippen molar-refractivity contribution < 1.29 is 12.9 Å². The highest BCUT2D eigenvalue weighted by Crippen LogP contribution is 2.15. The Morgan fingerprint density at radius 2 is 2.04 bits per heavy atom. The van der Waals surface area contributed by atoms with Crippen LogP contribution in [0.15, 0.2) is 34.1 Å². The minimum atomic E-state index is -3.73. The zero-order chi connectivity index (χ0) is 16.6. The van der Waals surface area contributed by atoms with E-state index in [2.05, 4.69) is 19.8 Å². The summed E-state index contributed by atoms with van der Waals surface area (Å²) < 4.78 is 35.3. The number of sulfonamides is 1. The highest BCUT2D eigenvalue weighted by molar-refractivity contribution is 7.89. The van der Waals surface area contributed by atoms with Gasteiger partial charge in [0.1, 0.15) is 5.82 Å². The molecule has 0 saturated heterocycles. The van der Waals surface area contributed by atoms with E-state index in [4.69, 9.17) is 4.52 Å². The number of nitrogens with zero attached hydrogens (tertiary/aromatic N) is 5. The number of aryl methyl sites for hydroxylation is 3. The van der Waals surface area contributed by atoms with E-state index in [1.165, 1.54) is 6.20 Å². The molecule has 0 amide bonds. The second kappa shape index (κ2) is 5.63. The highest BCUT2D eigenvalue weighted by atomic mass is 32.2. The first-order valence-electron chi connectivity index (χ1n) is 6.81. The molecule has 0 aliphatic carbocycles. The van der Waals surface area contributed by atoms with E-state index < -0.39 is 10.0 Å². The van der Waals surface area contributed by atoms with Crippen LogP contribution in [-0.4, -0.2) is 32.7 Å². The van der Waals surface area contributed by atoms with E-state index in [-0.39, 0.29) is 17.5 Å². The Morgan fingerprint density at radius 3 is 2.65 bits per heavy atom. The monoisotopic (exact) mass is 336 g/mol. The van der Waals surface area contributed by atoms with Crippen molar-refractivity contribution in [3.05, 3.63) is 36.2 Å². The molecule has 0 aromatic carbocycles. The fraction of sp³-hybridized carbons (Fsp3) is 0.308. The van der Waals surface area contributed by atoms with Crippen molar-refractivity contribution in [3.8, 4) is 11.5 Å². The van der Waals surface area contributed by atoms with Crippen LogP contribution in [0.5, 0.6) is 0 Å². The maximum absolute atomic E-state index is 12.2. The van der Waals surface area contributed by atoms with E-state index in [1.54, 1.807) is 18.5 Å². The number of aromatic nitrogens is 5. The molecule has 0 atom stereocenters. The molecular formula is C13H16N6O3S. The minimum absolute atomic E-state index is 0.0420. The Labute approximate surface area is 133 Å². The highest BCUT2D eigenvalue weighted by Gasteiger charge is 2.20. The molecule has 3 heterocycles. The van der Waals surface area contributed by atoms with Crippen LogP contribution >= 0.6 is 0 Å². The van der Waals surface area contributed by atoms with Crippen molar-refractivity contribution in [3.63, 3.8) is 0 Å². The Hall–Kier alpha value is -2.46. The third kappa shape index (κ3) is 3.03. The molecule has 0 saturated carbocycles. The molecule has 3 aromatic heterocycles. The smallest absolute Gasteiger partial charge is 0.260 e. The third-order valence-electron chi connectivity index (χ3n) is 3.42. The summed E-state index contributed by atoms with van der Waals surface area (Å²) in [6, 6.07) is 3.70. The second-order valence-corrected chi connectivity index (χ2v) is 6.79. The number of hydrogen-bond acceptors (Lipinski definition) is 6. The fourth-order valence-corrected chi connectivity index (χ4v) is 3.02. The van der Waals surface area contributed by atoms with Crippen LogP contribution in [-0.2, 0) is 30.7 Å². The Kier molecular flexibility index (Phi) is 3.78. The molecule has 10 heteroatoms. The maximum Gasteiger partial charge on any atom is 0.260 e. The van der Waals surface area contributed by atoms with Crippen LogP contribution in [0.3, 0.4) is 0 Å². The molecule has 0 aliphatic rings. The van der Waals surface area contributed by atoms with Crippen molar-refractivity contribution in [2.45, 2.75) is 18.5 Å². The Morgan fingerprint density at radius 1 is 1.26 bits per heavy atom. The minimum Gasteiger partial charge on any atom is -0.348 e. The lowest BCUT2D eigenvalue weighted by atomic mass is 10.4. The van der Waals surface area contributed by atoms with E-state index in [0.717, 1.165) is 5.69 Å². The van der Waals surface area contributed by atoms with Crippen molar-refractivity contribution in [1.82, 2.24) is 29.0 Å². The van der Waals surface area contributed by atoms with Crippen LogP contribution in [0.1, 0.15) is 11.7 Å². The summed E-state index contributed by atoms with van der Waals surface area (Å²) in [6.07, 6.45) is 3.30.